The number of rotatable bonds is 2. The molecule has 0 bridgehead atoms. The normalized spacial score (nSPS) is 11.6. The van der Waals surface area contributed by atoms with Gasteiger partial charge in [-0.15, -0.1) is 0 Å². The number of para-hydroxylation sites is 1. The molecule has 0 amide bonds. The monoisotopic (exact) mass is 214 g/mol. The lowest BCUT2D eigenvalue weighted by Crippen LogP contribution is -2.04. The number of aromatic hydroxyl groups is 1. The van der Waals surface area contributed by atoms with Crippen LogP contribution in [0.2, 0.25) is 0 Å². The third-order valence-electron chi connectivity index (χ3n) is 1.25. The molecule has 13 heavy (non-hydrogen) atoms. The molecule has 72 valence electrons. The SMILES string of the molecule is CC(C)(C)SSc1ccccc1O. The molecule has 3 heteroatoms. The highest BCUT2D eigenvalue weighted by molar-refractivity contribution is 8.77. The zero-order valence-corrected chi connectivity index (χ0v) is 9.71. The van der Waals surface area contributed by atoms with Crippen molar-refractivity contribution in [2.24, 2.45) is 0 Å². The molecule has 1 aromatic carbocycles. The van der Waals surface area contributed by atoms with Crippen LogP contribution in [0.4, 0.5) is 0 Å². The molecule has 0 unspecified atom stereocenters. The van der Waals surface area contributed by atoms with Crippen molar-refractivity contribution in [3.8, 4) is 5.75 Å². The standard InChI is InChI=1S/C10H14OS2/c1-10(2,3)13-12-9-7-5-4-6-8(9)11/h4-7,11H,1-3H3. The zero-order valence-electron chi connectivity index (χ0n) is 8.07. The van der Waals surface area contributed by atoms with Crippen LogP contribution < -0.4 is 0 Å². The van der Waals surface area contributed by atoms with Crippen LogP contribution in [0.5, 0.6) is 5.75 Å². The maximum absolute atomic E-state index is 9.47. The highest BCUT2D eigenvalue weighted by Crippen LogP contribution is 2.43. The molecular weight excluding hydrogens is 200 g/mol. The number of hydrogen-bond donors (Lipinski definition) is 1. The van der Waals surface area contributed by atoms with Gasteiger partial charge in [-0.3, -0.25) is 0 Å². The molecule has 0 fully saturated rings. The van der Waals surface area contributed by atoms with Gasteiger partial charge in [-0.2, -0.15) is 0 Å². The molecule has 0 aliphatic carbocycles. The highest BCUT2D eigenvalue weighted by Gasteiger charge is 2.12. The predicted molar refractivity (Wildman–Crippen MR) is 61.3 cm³/mol. The van der Waals surface area contributed by atoms with E-state index in [4.69, 9.17) is 0 Å². The summed E-state index contributed by atoms with van der Waals surface area (Å²) >= 11 is 0. The smallest absolute Gasteiger partial charge is 0.129 e. The Morgan fingerprint density at radius 1 is 1.15 bits per heavy atom. The van der Waals surface area contributed by atoms with Crippen LogP contribution in [0.1, 0.15) is 20.8 Å². The average Bonchev–Trinajstić information content (AvgIpc) is 2.01. The van der Waals surface area contributed by atoms with Gasteiger partial charge in [0.15, 0.2) is 0 Å². The number of phenolic OH excluding ortho intramolecular Hbond substituents is 1. The molecule has 0 saturated carbocycles. The second-order valence-corrected chi connectivity index (χ2v) is 6.74. The summed E-state index contributed by atoms with van der Waals surface area (Å²) in [5.74, 6) is 0.365. The molecule has 0 aromatic heterocycles. The summed E-state index contributed by atoms with van der Waals surface area (Å²) in [6, 6.07) is 7.41. The van der Waals surface area contributed by atoms with Gasteiger partial charge in [-0.1, -0.05) is 54.5 Å². The summed E-state index contributed by atoms with van der Waals surface area (Å²) in [7, 11) is 3.38. The fourth-order valence-corrected chi connectivity index (χ4v) is 2.77. The molecule has 0 radical (unpaired) electrons. The Bertz CT molecular complexity index is 278. The van der Waals surface area contributed by atoms with Crippen molar-refractivity contribution in [2.45, 2.75) is 30.4 Å². The molecule has 1 rings (SSSR count). The van der Waals surface area contributed by atoms with E-state index in [1.54, 1.807) is 27.7 Å². The van der Waals surface area contributed by atoms with Gasteiger partial charge < -0.3 is 5.11 Å². The molecule has 1 N–H and O–H groups in total. The Hall–Kier alpha value is -0.280. The molecular formula is C10H14OS2. The fourth-order valence-electron chi connectivity index (χ4n) is 0.698. The summed E-state index contributed by atoms with van der Waals surface area (Å²) < 4.78 is 0.215. The van der Waals surface area contributed by atoms with Gasteiger partial charge in [-0.05, 0) is 12.1 Å². The molecule has 1 aromatic rings. The lowest BCUT2D eigenvalue weighted by molar-refractivity contribution is 0.462. The summed E-state index contributed by atoms with van der Waals surface area (Å²) in [6.45, 7) is 6.47. The van der Waals surface area contributed by atoms with E-state index in [1.807, 2.05) is 18.2 Å². The van der Waals surface area contributed by atoms with Gasteiger partial charge in [0, 0.05) is 4.75 Å². The van der Waals surface area contributed by atoms with E-state index in [2.05, 4.69) is 20.8 Å². The van der Waals surface area contributed by atoms with E-state index in [0.717, 1.165) is 4.90 Å². The second kappa shape index (κ2) is 4.29. The van der Waals surface area contributed by atoms with Crippen molar-refractivity contribution >= 4 is 21.6 Å². The van der Waals surface area contributed by atoms with Crippen molar-refractivity contribution in [2.75, 3.05) is 0 Å². The van der Waals surface area contributed by atoms with Crippen molar-refractivity contribution in [3.05, 3.63) is 24.3 Å². The largest absolute Gasteiger partial charge is 0.507 e. The highest BCUT2D eigenvalue weighted by atomic mass is 33.1. The molecule has 0 atom stereocenters. The van der Waals surface area contributed by atoms with E-state index in [9.17, 15) is 5.11 Å². The summed E-state index contributed by atoms with van der Waals surface area (Å²) in [5.41, 5.74) is 0. The Kier molecular flexibility index (Phi) is 3.56. The van der Waals surface area contributed by atoms with Crippen molar-refractivity contribution < 1.29 is 5.11 Å². The minimum Gasteiger partial charge on any atom is -0.507 e. The van der Waals surface area contributed by atoms with Crippen LogP contribution in [0.25, 0.3) is 0 Å². The van der Waals surface area contributed by atoms with Gasteiger partial charge in [0.1, 0.15) is 5.75 Å². The quantitative estimate of drug-likeness (QED) is 0.753. The first-order valence-corrected chi connectivity index (χ1v) is 6.28. The Balaban J connectivity index is 2.60. The molecule has 0 saturated heterocycles. The number of phenols is 1. The lowest BCUT2D eigenvalue weighted by atomic mass is 10.3. The first kappa shape index (κ1) is 10.8. The minimum absolute atomic E-state index is 0.215. The number of benzene rings is 1. The topological polar surface area (TPSA) is 20.2 Å². The molecule has 0 aliphatic heterocycles. The number of hydrogen-bond acceptors (Lipinski definition) is 3. The van der Waals surface area contributed by atoms with Crippen LogP contribution in [0.3, 0.4) is 0 Å². The van der Waals surface area contributed by atoms with E-state index >= 15 is 0 Å². The molecule has 0 spiro atoms. The van der Waals surface area contributed by atoms with Gasteiger partial charge in [0.2, 0.25) is 0 Å². The van der Waals surface area contributed by atoms with Crippen LogP contribution in [-0.4, -0.2) is 9.85 Å². The predicted octanol–water partition coefficient (Wildman–Crippen LogP) is 3.93. The summed E-state index contributed by atoms with van der Waals surface area (Å²) in [6.07, 6.45) is 0. The Morgan fingerprint density at radius 3 is 2.31 bits per heavy atom. The third-order valence-corrected chi connectivity index (χ3v) is 4.64. The van der Waals surface area contributed by atoms with Crippen molar-refractivity contribution in [1.82, 2.24) is 0 Å². The molecule has 0 heterocycles. The third kappa shape index (κ3) is 3.96. The van der Waals surface area contributed by atoms with E-state index in [-0.39, 0.29) is 4.75 Å². The van der Waals surface area contributed by atoms with Crippen LogP contribution in [0, 0.1) is 0 Å². The second-order valence-electron chi connectivity index (χ2n) is 3.75. The first-order chi connectivity index (χ1) is 5.99. The van der Waals surface area contributed by atoms with E-state index in [1.165, 1.54) is 0 Å². The zero-order chi connectivity index (χ0) is 9.90. The van der Waals surface area contributed by atoms with E-state index in [0.29, 0.717) is 5.75 Å². The first-order valence-electron chi connectivity index (χ1n) is 4.13. The molecule has 0 aliphatic rings. The van der Waals surface area contributed by atoms with Crippen molar-refractivity contribution in [3.63, 3.8) is 0 Å². The fraction of sp³-hybridized carbons (Fsp3) is 0.400. The Labute approximate surface area is 87.3 Å². The minimum atomic E-state index is 0.215. The lowest BCUT2D eigenvalue weighted by Gasteiger charge is -2.16. The summed E-state index contributed by atoms with van der Waals surface area (Å²) in [5, 5.41) is 9.47. The van der Waals surface area contributed by atoms with Gasteiger partial charge in [0.05, 0.1) is 4.90 Å². The average molecular weight is 214 g/mol. The van der Waals surface area contributed by atoms with Crippen LogP contribution >= 0.6 is 21.6 Å². The van der Waals surface area contributed by atoms with E-state index < -0.39 is 0 Å². The van der Waals surface area contributed by atoms with Crippen LogP contribution in [0.15, 0.2) is 29.2 Å². The maximum atomic E-state index is 9.47. The maximum Gasteiger partial charge on any atom is 0.129 e. The van der Waals surface area contributed by atoms with Gasteiger partial charge in [0.25, 0.3) is 0 Å². The van der Waals surface area contributed by atoms with Gasteiger partial charge in [-0.25, -0.2) is 0 Å². The summed E-state index contributed by atoms with van der Waals surface area (Å²) in [4.78, 5) is 0.933. The Morgan fingerprint density at radius 2 is 1.77 bits per heavy atom. The van der Waals surface area contributed by atoms with Crippen LogP contribution in [-0.2, 0) is 0 Å². The van der Waals surface area contributed by atoms with Gasteiger partial charge >= 0.3 is 0 Å². The molecule has 1 nitrogen and oxygen atoms in total. The van der Waals surface area contributed by atoms with Crippen molar-refractivity contribution in [1.29, 1.82) is 0 Å².